The second-order valence-electron chi connectivity index (χ2n) is 6.02. The number of hydrogen-bond acceptors (Lipinski definition) is 5. The van der Waals surface area contributed by atoms with Crippen LogP contribution in [-0.2, 0) is 22.3 Å². The fourth-order valence-electron chi connectivity index (χ4n) is 2.36. The predicted octanol–water partition coefficient (Wildman–Crippen LogP) is 3.66. The van der Waals surface area contributed by atoms with Crippen LogP contribution in [0.2, 0.25) is 5.02 Å². The molecular weight excluding hydrogens is 374 g/mol. The molecule has 1 heterocycles. The van der Waals surface area contributed by atoms with Crippen molar-refractivity contribution in [3.8, 4) is 11.4 Å². The Labute approximate surface area is 157 Å². The lowest BCUT2D eigenvalue weighted by atomic mass is 10.2. The molecule has 8 heteroatoms. The van der Waals surface area contributed by atoms with Crippen LogP contribution >= 0.6 is 11.6 Å². The lowest BCUT2D eigenvalue weighted by Gasteiger charge is -2.15. The van der Waals surface area contributed by atoms with Crippen molar-refractivity contribution in [3.05, 3.63) is 70.6 Å². The van der Waals surface area contributed by atoms with Crippen LogP contribution in [0.3, 0.4) is 0 Å². The van der Waals surface area contributed by atoms with Gasteiger partial charge in [-0.3, -0.25) is 0 Å². The molecule has 0 aliphatic heterocycles. The minimum absolute atomic E-state index is 0.00175. The van der Waals surface area contributed by atoms with Gasteiger partial charge in [-0.1, -0.05) is 58.7 Å². The molecule has 0 radical (unpaired) electrons. The van der Waals surface area contributed by atoms with E-state index in [0.717, 1.165) is 11.1 Å². The third kappa shape index (κ3) is 4.49. The Balaban J connectivity index is 1.71. The molecule has 0 aliphatic rings. The van der Waals surface area contributed by atoms with Gasteiger partial charge in [0.25, 0.3) is 0 Å². The van der Waals surface area contributed by atoms with E-state index < -0.39 is 10.0 Å². The predicted molar refractivity (Wildman–Crippen MR) is 100 cm³/mol. The van der Waals surface area contributed by atoms with E-state index in [1.165, 1.54) is 11.4 Å². The van der Waals surface area contributed by atoms with Crippen molar-refractivity contribution < 1.29 is 12.9 Å². The van der Waals surface area contributed by atoms with Crippen LogP contribution in [-0.4, -0.2) is 29.9 Å². The molecule has 0 saturated heterocycles. The molecule has 0 fully saturated rings. The molecule has 6 nitrogen and oxygen atoms in total. The summed E-state index contributed by atoms with van der Waals surface area (Å²) >= 11 is 5.96. The van der Waals surface area contributed by atoms with E-state index in [0.29, 0.717) is 16.4 Å². The van der Waals surface area contributed by atoms with Crippen molar-refractivity contribution in [2.24, 2.45) is 0 Å². The summed E-state index contributed by atoms with van der Waals surface area (Å²) in [6.07, 6.45) is 0. The minimum Gasteiger partial charge on any atom is -0.338 e. The topological polar surface area (TPSA) is 76.3 Å². The molecule has 0 atom stereocenters. The summed E-state index contributed by atoms with van der Waals surface area (Å²) in [5.74, 6) is 0.501. The molecule has 26 heavy (non-hydrogen) atoms. The Bertz CT molecular complexity index is 1000. The number of rotatable bonds is 6. The molecule has 0 N–H and O–H groups in total. The van der Waals surface area contributed by atoms with Crippen LogP contribution in [0, 0.1) is 6.92 Å². The average Bonchev–Trinajstić information content (AvgIpc) is 3.05. The van der Waals surface area contributed by atoms with Crippen LogP contribution < -0.4 is 0 Å². The third-order valence-electron chi connectivity index (χ3n) is 3.85. The monoisotopic (exact) mass is 391 g/mol. The Hall–Kier alpha value is -2.22. The maximum absolute atomic E-state index is 12.5. The van der Waals surface area contributed by atoms with E-state index in [1.807, 2.05) is 31.2 Å². The van der Waals surface area contributed by atoms with Gasteiger partial charge in [0.1, 0.15) is 0 Å². The van der Waals surface area contributed by atoms with Crippen molar-refractivity contribution in [1.82, 2.24) is 14.4 Å². The molecule has 0 bridgehead atoms. The summed E-state index contributed by atoms with van der Waals surface area (Å²) in [4.78, 5) is 4.25. The molecule has 0 spiro atoms. The normalized spacial score (nSPS) is 11.8. The van der Waals surface area contributed by atoms with Gasteiger partial charge in [0.05, 0.1) is 12.3 Å². The van der Waals surface area contributed by atoms with Gasteiger partial charge in [-0.25, -0.2) is 8.42 Å². The van der Waals surface area contributed by atoms with Gasteiger partial charge in [-0.05, 0) is 24.6 Å². The van der Waals surface area contributed by atoms with E-state index in [2.05, 4.69) is 10.1 Å². The van der Waals surface area contributed by atoms with E-state index in [-0.39, 0.29) is 18.2 Å². The zero-order valence-electron chi connectivity index (χ0n) is 14.4. The molecule has 1 aromatic heterocycles. The quantitative estimate of drug-likeness (QED) is 0.640. The zero-order chi connectivity index (χ0) is 18.7. The molecule has 0 aliphatic carbocycles. The molecule has 0 saturated carbocycles. The second kappa shape index (κ2) is 7.57. The molecule has 0 unspecified atom stereocenters. The van der Waals surface area contributed by atoms with Gasteiger partial charge in [-0.15, -0.1) is 0 Å². The smallest absolute Gasteiger partial charge is 0.242 e. The first-order valence-electron chi connectivity index (χ1n) is 7.91. The number of hydrogen-bond donors (Lipinski definition) is 0. The summed E-state index contributed by atoms with van der Waals surface area (Å²) in [5, 5.41) is 4.45. The lowest BCUT2D eigenvalue weighted by molar-refractivity contribution is 0.336. The first-order valence-corrected chi connectivity index (χ1v) is 9.90. The highest BCUT2D eigenvalue weighted by Crippen LogP contribution is 2.21. The molecular formula is C18H18ClN3O3S. The first-order chi connectivity index (χ1) is 12.3. The maximum Gasteiger partial charge on any atom is 0.242 e. The summed E-state index contributed by atoms with van der Waals surface area (Å²) < 4.78 is 31.4. The maximum atomic E-state index is 12.5. The number of aromatic nitrogens is 2. The first kappa shape index (κ1) is 18.6. The Morgan fingerprint density at radius 3 is 2.58 bits per heavy atom. The van der Waals surface area contributed by atoms with Gasteiger partial charge >= 0.3 is 0 Å². The van der Waals surface area contributed by atoms with Gasteiger partial charge in [-0.2, -0.15) is 9.29 Å². The minimum atomic E-state index is -3.50. The largest absolute Gasteiger partial charge is 0.338 e. The van der Waals surface area contributed by atoms with Crippen LogP contribution in [0.4, 0.5) is 0 Å². The molecule has 2 aromatic carbocycles. The van der Waals surface area contributed by atoms with Gasteiger partial charge in [0.2, 0.25) is 21.7 Å². The van der Waals surface area contributed by atoms with Crippen LogP contribution in [0.25, 0.3) is 11.4 Å². The highest BCUT2D eigenvalue weighted by Gasteiger charge is 2.21. The van der Waals surface area contributed by atoms with Crippen molar-refractivity contribution in [2.75, 3.05) is 7.05 Å². The van der Waals surface area contributed by atoms with Gasteiger partial charge in [0, 0.05) is 17.6 Å². The van der Waals surface area contributed by atoms with Crippen LogP contribution in [0.15, 0.2) is 53.1 Å². The van der Waals surface area contributed by atoms with Crippen molar-refractivity contribution >= 4 is 21.6 Å². The highest BCUT2D eigenvalue weighted by atomic mass is 35.5. The summed E-state index contributed by atoms with van der Waals surface area (Å²) in [5.41, 5.74) is 2.52. The van der Waals surface area contributed by atoms with Crippen molar-refractivity contribution in [2.45, 2.75) is 19.2 Å². The van der Waals surface area contributed by atoms with E-state index in [9.17, 15) is 8.42 Å². The molecule has 0 amide bonds. The SMILES string of the molecule is Cc1ccc(CS(=O)(=O)N(C)Cc2nc(-c3cccc(Cl)c3)no2)cc1. The van der Waals surface area contributed by atoms with E-state index in [4.69, 9.17) is 16.1 Å². The fourth-order valence-corrected chi connectivity index (χ4v) is 3.69. The Morgan fingerprint density at radius 2 is 1.88 bits per heavy atom. The number of halogens is 1. The number of nitrogens with zero attached hydrogens (tertiary/aromatic N) is 3. The van der Waals surface area contributed by atoms with E-state index >= 15 is 0 Å². The number of aryl methyl sites for hydroxylation is 1. The summed E-state index contributed by atoms with van der Waals surface area (Å²) in [7, 11) is -2.01. The van der Waals surface area contributed by atoms with Crippen molar-refractivity contribution in [3.63, 3.8) is 0 Å². The number of benzene rings is 2. The lowest BCUT2D eigenvalue weighted by Crippen LogP contribution is -2.27. The van der Waals surface area contributed by atoms with Crippen molar-refractivity contribution in [1.29, 1.82) is 0 Å². The molecule has 3 aromatic rings. The molecule has 3 rings (SSSR count). The second-order valence-corrected chi connectivity index (χ2v) is 8.53. The summed E-state index contributed by atoms with van der Waals surface area (Å²) in [6.45, 7) is 1.96. The van der Waals surface area contributed by atoms with Crippen LogP contribution in [0.1, 0.15) is 17.0 Å². The highest BCUT2D eigenvalue weighted by molar-refractivity contribution is 7.88. The van der Waals surface area contributed by atoms with E-state index in [1.54, 1.807) is 24.3 Å². The van der Waals surface area contributed by atoms with Gasteiger partial charge < -0.3 is 4.52 Å². The Kier molecular flexibility index (Phi) is 5.41. The average molecular weight is 392 g/mol. The molecule has 136 valence electrons. The third-order valence-corrected chi connectivity index (χ3v) is 5.87. The summed E-state index contributed by atoms with van der Waals surface area (Å²) in [6, 6.07) is 14.4. The van der Waals surface area contributed by atoms with Gasteiger partial charge in [0.15, 0.2) is 0 Å². The Morgan fingerprint density at radius 1 is 1.15 bits per heavy atom. The van der Waals surface area contributed by atoms with Crippen LogP contribution in [0.5, 0.6) is 0 Å². The number of sulfonamides is 1. The zero-order valence-corrected chi connectivity index (χ0v) is 16.0. The fraction of sp³-hybridized carbons (Fsp3) is 0.222. The standard InChI is InChI=1S/C18H18ClN3O3S/c1-13-6-8-14(9-7-13)12-26(23,24)22(2)11-17-20-18(21-25-17)15-4-3-5-16(19)10-15/h3-10H,11-12H2,1-2H3.